The van der Waals surface area contributed by atoms with Gasteiger partial charge in [0.15, 0.2) is 0 Å². The van der Waals surface area contributed by atoms with Crippen molar-refractivity contribution in [2.45, 2.75) is 13.3 Å². The van der Waals surface area contributed by atoms with Crippen LogP contribution in [0.1, 0.15) is 12.1 Å². The second kappa shape index (κ2) is 7.61. The molecule has 0 spiro atoms. The summed E-state index contributed by atoms with van der Waals surface area (Å²) < 4.78 is 0. The third kappa shape index (κ3) is 4.44. The number of anilines is 1. The minimum Gasteiger partial charge on any atom is -0.370 e. The molecule has 2 saturated heterocycles. The molecule has 2 aliphatic heterocycles. The molecule has 24 heavy (non-hydrogen) atoms. The Hall–Kier alpha value is -2.15. The highest BCUT2D eigenvalue weighted by molar-refractivity contribution is 5.86. The van der Waals surface area contributed by atoms with E-state index in [1.165, 1.54) is 0 Å². The number of carbonyl (C=O) groups excluding carboxylic acids is 2. The van der Waals surface area contributed by atoms with Crippen LogP contribution in [0.2, 0.25) is 0 Å². The van der Waals surface area contributed by atoms with Crippen LogP contribution in [-0.4, -0.2) is 72.4 Å². The fraction of sp³-hybridized carbons (Fsp3) is 0.588. The third-order valence-electron chi connectivity index (χ3n) is 4.58. The van der Waals surface area contributed by atoms with Gasteiger partial charge in [-0.3, -0.25) is 14.5 Å². The summed E-state index contributed by atoms with van der Waals surface area (Å²) in [7, 11) is 0. The lowest BCUT2D eigenvalue weighted by atomic mass is 10.1. The van der Waals surface area contributed by atoms with Crippen LogP contribution in [0, 0.1) is 12.8 Å². The topological polar surface area (TPSA) is 77.6 Å². The number of nitrogens with one attached hydrogen (secondary N) is 2. The molecule has 1 aromatic heterocycles. The number of hydrogen-bond donors (Lipinski definition) is 2. The van der Waals surface area contributed by atoms with E-state index in [1.54, 1.807) is 4.90 Å². The summed E-state index contributed by atoms with van der Waals surface area (Å²) in [4.78, 5) is 32.0. The van der Waals surface area contributed by atoms with Crippen molar-refractivity contribution in [3.05, 3.63) is 23.9 Å². The van der Waals surface area contributed by atoms with Gasteiger partial charge >= 0.3 is 0 Å². The van der Waals surface area contributed by atoms with Crippen molar-refractivity contribution in [1.82, 2.24) is 20.1 Å². The van der Waals surface area contributed by atoms with Crippen molar-refractivity contribution in [1.29, 1.82) is 0 Å². The van der Waals surface area contributed by atoms with Gasteiger partial charge in [-0.1, -0.05) is 6.07 Å². The summed E-state index contributed by atoms with van der Waals surface area (Å²) in [6, 6.07) is 5.96. The number of piperazine rings is 1. The van der Waals surface area contributed by atoms with Crippen molar-refractivity contribution < 1.29 is 9.59 Å². The van der Waals surface area contributed by atoms with Gasteiger partial charge in [0, 0.05) is 31.9 Å². The molecule has 3 heterocycles. The van der Waals surface area contributed by atoms with Crippen LogP contribution in [0.15, 0.2) is 18.2 Å². The first kappa shape index (κ1) is 16.7. The highest BCUT2D eigenvalue weighted by Crippen LogP contribution is 2.17. The molecule has 0 bridgehead atoms. The van der Waals surface area contributed by atoms with Gasteiger partial charge in [-0.25, -0.2) is 4.98 Å². The van der Waals surface area contributed by atoms with Gasteiger partial charge in [-0.05, 0) is 37.9 Å². The zero-order valence-corrected chi connectivity index (χ0v) is 14.1. The van der Waals surface area contributed by atoms with Gasteiger partial charge in [-0.2, -0.15) is 0 Å². The monoisotopic (exact) mass is 331 g/mol. The Morgan fingerprint density at radius 3 is 3.08 bits per heavy atom. The molecule has 2 N–H and O–H groups in total. The number of carbonyl (C=O) groups is 2. The maximum atomic E-state index is 12.3. The predicted molar refractivity (Wildman–Crippen MR) is 91.6 cm³/mol. The van der Waals surface area contributed by atoms with E-state index in [0.29, 0.717) is 25.6 Å². The number of nitrogens with zero attached hydrogens (tertiary/aromatic N) is 3. The Kier molecular flexibility index (Phi) is 5.30. The summed E-state index contributed by atoms with van der Waals surface area (Å²) in [5, 5.41) is 6.13. The molecule has 2 fully saturated rings. The minimum absolute atomic E-state index is 0.0545. The second-order valence-corrected chi connectivity index (χ2v) is 6.60. The predicted octanol–water partition coefficient (Wildman–Crippen LogP) is 0.0822. The van der Waals surface area contributed by atoms with E-state index in [4.69, 9.17) is 0 Å². The summed E-state index contributed by atoms with van der Waals surface area (Å²) in [5.74, 6) is 1.41. The Morgan fingerprint density at radius 2 is 2.29 bits per heavy atom. The van der Waals surface area contributed by atoms with Crippen LogP contribution >= 0.6 is 0 Å². The molecule has 0 aliphatic carbocycles. The molecule has 3 rings (SSSR count). The normalized spacial score (nSPS) is 21.6. The zero-order chi connectivity index (χ0) is 16.9. The number of likely N-dealkylation sites (tertiary alicyclic amines) is 1. The van der Waals surface area contributed by atoms with Gasteiger partial charge in [0.1, 0.15) is 5.82 Å². The van der Waals surface area contributed by atoms with Gasteiger partial charge in [0.25, 0.3) is 0 Å². The maximum absolute atomic E-state index is 12.3. The fourth-order valence-corrected chi connectivity index (χ4v) is 3.26. The molecule has 130 valence electrons. The Morgan fingerprint density at radius 1 is 1.42 bits per heavy atom. The average molecular weight is 331 g/mol. The maximum Gasteiger partial charge on any atom is 0.239 e. The SMILES string of the molecule is Cc1cccc(NC[C@@H]2CCN(CC(=O)N3CCNC(=O)C3)C2)n1. The molecule has 0 unspecified atom stereocenters. The van der Waals surface area contributed by atoms with E-state index in [1.807, 2.05) is 25.1 Å². The molecule has 7 nitrogen and oxygen atoms in total. The quantitative estimate of drug-likeness (QED) is 0.799. The number of amides is 2. The van der Waals surface area contributed by atoms with E-state index < -0.39 is 0 Å². The van der Waals surface area contributed by atoms with Crippen LogP contribution in [0.25, 0.3) is 0 Å². The molecule has 1 atom stereocenters. The Balaban J connectivity index is 1.42. The van der Waals surface area contributed by atoms with E-state index in [-0.39, 0.29) is 18.4 Å². The van der Waals surface area contributed by atoms with Crippen molar-refractivity contribution in [3.63, 3.8) is 0 Å². The molecule has 0 saturated carbocycles. The highest BCUT2D eigenvalue weighted by Gasteiger charge is 2.27. The smallest absolute Gasteiger partial charge is 0.239 e. The Bertz CT molecular complexity index is 606. The van der Waals surface area contributed by atoms with Crippen molar-refractivity contribution in [3.8, 4) is 0 Å². The first-order valence-corrected chi connectivity index (χ1v) is 8.54. The standard InChI is InChI=1S/C17H25N5O2/c1-13-3-2-4-15(20-13)19-9-14-5-7-21(10-14)12-17(24)22-8-6-18-16(23)11-22/h2-4,14H,5-12H2,1H3,(H,18,23)(H,19,20)/t14-/m0/s1. The second-order valence-electron chi connectivity index (χ2n) is 6.60. The summed E-state index contributed by atoms with van der Waals surface area (Å²) in [5.41, 5.74) is 1.00. The van der Waals surface area contributed by atoms with Crippen LogP contribution in [0.3, 0.4) is 0 Å². The van der Waals surface area contributed by atoms with E-state index in [2.05, 4.69) is 20.5 Å². The number of aromatic nitrogens is 1. The summed E-state index contributed by atoms with van der Waals surface area (Å²) in [6.07, 6.45) is 1.08. The first-order chi connectivity index (χ1) is 11.6. The van der Waals surface area contributed by atoms with Crippen LogP contribution < -0.4 is 10.6 Å². The number of pyridine rings is 1. The number of aryl methyl sites for hydroxylation is 1. The molecule has 7 heteroatoms. The van der Waals surface area contributed by atoms with Gasteiger partial charge in [0.05, 0.1) is 13.1 Å². The molecule has 1 aromatic rings. The zero-order valence-electron chi connectivity index (χ0n) is 14.1. The van der Waals surface area contributed by atoms with Crippen molar-refractivity contribution >= 4 is 17.6 Å². The average Bonchev–Trinajstić information content (AvgIpc) is 3.00. The highest BCUT2D eigenvalue weighted by atomic mass is 16.2. The molecule has 0 radical (unpaired) electrons. The Labute approximate surface area is 142 Å². The van der Waals surface area contributed by atoms with Crippen LogP contribution in [0.4, 0.5) is 5.82 Å². The van der Waals surface area contributed by atoms with E-state index >= 15 is 0 Å². The van der Waals surface area contributed by atoms with Crippen LogP contribution in [0.5, 0.6) is 0 Å². The van der Waals surface area contributed by atoms with E-state index in [0.717, 1.165) is 37.6 Å². The van der Waals surface area contributed by atoms with Crippen molar-refractivity contribution in [2.75, 3.05) is 51.1 Å². The molecular formula is C17H25N5O2. The van der Waals surface area contributed by atoms with E-state index in [9.17, 15) is 9.59 Å². The molecule has 0 aromatic carbocycles. The molecule has 2 aliphatic rings. The molecule has 2 amide bonds. The fourth-order valence-electron chi connectivity index (χ4n) is 3.26. The lowest BCUT2D eigenvalue weighted by molar-refractivity contribution is -0.138. The first-order valence-electron chi connectivity index (χ1n) is 8.54. The van der Waals surface area contributed by atoms with Gasteiger partial charge in [-0.15, -0.1) is 0 Å². The largest absolute Gasteiger partial charge is 0.370 e. The minimum atomic E-state index is -0.0660. The van der Waals surface area contributed by atoms with Crippen LogP contribution in [-0.2, 0) is 9.59 Å². The third-order valence-corrected chi connectivity index (χ3v) is 4.58. The van der Waals surface area contributed by atoms with Gasteiger partial charge in [0.2, 0.25) is 11.8 Å². The summed E-state index contributed by atoms with van der Waals surface area (Å²) >= 11 is 0. The molecular weight excluding hydrogens is 306 g/mol. The van der Waals surface area contributed by atoms with Crippen molar-refractivity contribution in [2.24, 2.45) is 5.92 Å². The van der Waals surface area contributed by atoms with Gasteiger partial charge < -0.3 is 15.5 Å². The lowest BCUT2D eigenvalue weighted by Gasteiger charge is -2.28. The lowest BCUT2D eigenvalue weighted by Crippen LogP contribution is -2.52. The summed E-state index contributed by atoms with van der Waals surface area (Å²) in [6.45, 7) is 6.46. The number of rotatable bonds is 5. The number of hydrogen-bond acceptors (Lipinski definition) is 5.